The standard InChI is InChI=1S/C13H14N2O2S2/c1-7-2-3-8-9(4-7)19-13-11(8)12(14-6-15-13)18-5-10(16)17/h6-7H,2-5H2,1H3,(H,16,17). The van der Waals surface area contributed by atoms with E-state index in [2.05, 4.69) is 16.9 Å². The van der Waals surface area contributed by atoms with Crippen LogP contribution in [0.5, 0.6) is 0 Å². The smallest absolute Gasteiger partial charge is 0.313 e. The van der Waals surface area contributed by atoms with E-state index in [1.54, 1.807) is 11.3 Å². The summed E-state index contributed by atoms with van der Waals surface area (Å²) in [5.74, 6) is -0.0363. The van der Waals surface area contributed by atoms with Gasteiger partial charge in [0.2, 0.25) is 0 Å². The summed E-state index contributed by atoms with van der Waals surface area (Å²) < 4.78 is 0. The molecule has 3 rings (SSSR count). The lowest BCUT2D eigenvalue weighted by Gasteiger charge is -2.18. The van der Waals surface area contributed by atoms with Crippen molar-refractivity contribution >= 4 is 39.3 Å². The van der Waals surface area contributed by atoms with Gasteiger partial charge in [-0.2, -0.15) is 0 Å². The summed E-state index contributed by atoms with van der Waals surface area (Å²) in [7, 11) is 0. The van der Waals surface area contributed by atoms with Gasteiger partial charge in [-0.15, -0.1) is 11.3 Å². The summed E-state index contributed by atoms with van der Waals surface area (Å²) in [5.41, 5.74) is 1.35. The number of fused-ring (bicyclic) bond motifs is 3. The van der Waals surface area contributed by atoms with Crippen molar-refractivity contribution in [2.45, 2.75) is 31.2 Å². The van der Waals surface area contributed by atoms with E-state index in [1.807, 2.05) is 0 Å². The second kappa shape index (κ2) is 5.09. The summed E-state index contributed by atoms with van der Waals surface area (Å²) in [5, 5.41) is 10.7. The van der Waals surface area contributed by atoms with E-state index < -0.39 is 5.97 Å². The van der Waals surface area contributed by atoms with Gasteiger partial charge in [-0.25, -0.2) is 9.97 Å². The summed E-state index contributed by atoms with van der Waals surface area (Å²) in [6.45, 7) is 2.28. The average Bonchev–Trinajstić information content (AvgIpc) is 2.73. The summed E-state index contributed by atoms with van der Waals surface area (Å²) in [4.78, 5) is 21.7. The van der Waals surface area contributed by atoms with Crippen LogP contribution in [0, 0.1) is 5.92 Å². The van der Waals surface area contributed by atoms with Crippen LogP contribution in [0.25, 0.3) is 10.2 Å². The molecule has 0 amide bonds. The quantitative estimate of drug-likeness (QED) is 0.696. The fourth-order valence-corrected chi connectivity index (χ4v) is 4.65. The minimum Gasteiger partial charge on any atom is -0.481 e. The second-order valence-corrected chi connectivity index (χ2v) is 6.94. The molecule has 1 unspecified atom stereocenters. The van der Waals surface area contributed by atoms with Gasteiger partial charge in [0.05, 0.1) is 5.75 Å². The number of carboxylic acids is 1. The number of carboxylic acid groups (broad SMARTS) is 1. The van der Waals surface area contributed by atoms with E-state index in [0.717, 1.165) is 34.0 Å². The fourth-order valence-electron chi connectivity index (χ4n) is 2.49. The zero-order valence-corrected chi connectivity index (χ0v) is 12.2. The molecule has 0 saturated heterocycles. The third-order valence-corrected chi connectivity index (χ3v) is 5.53. The largest absolute Gasteiger partial charge is 0.481 e. The van der Waals surface area contributed by atoms with Crippen molar-refractivity contribution in [3.8, 4) is 0 Å². The lowest BCUT2D eigenvalue weighted by atomic mass is 9.89. The second-order valence-electron chi connectivity index (χ2n) is 4.89. The number of rotatable bonds is 3. The maximum Gasteiger partial charge on any atom is 0.313 e. The van der Waals surface area contributed by atoms with Crippen LogP contribution < -0.4 is 0 Å². The SMILES string of the molecule is CC1CCc2c(sc3ncnc(SCC(=O)O)c23)C1. The van der Waals surface area contributed by atoms with Gasteiger partial charge >= 0.3 is 5.97 Å². The van der Waals surface area contributed by atoms with Crippen LogP contribution in [0.15, 0.2) is 11.4 Å². The molecular formula is C13H14N2O2S2. The molecule has 19 heavy (non-hydrogen) atoms. The van der Waals surface area contributed by atoms with Crippen molar-refractivity contribution in [2.75, 3.05) is 5.75 Å². The van der Waals surface area contributed by atoms with Crippen LogP contribution in [0.1, 0.15) is 23.8 Å². The fraction of sp³-hybridized carbons (Fsp3) is 0.462. The molecule has 0 fully saturated rings. The lowest BCUT2D eigenvalue weighted by Crippen LogP contribution is -2.08. The number of aryl methyl sites for hydroxylation is 1. The van der Waals surface area contributed by atoms with Gasteiger partial charge in [-0.1, -0.05) is 18.7 Å². The number of aliphatic carboxylic acids is 1. The molecule has 0 aliphatic heterocycles. The zero-order valence-electron chi connectivity index (χ0n) is 10.5. The maximum atomic E-state index is 10.7. The first kappa shape index (κ1) is 12.9. The molecular weight excluding hydrogens is 280 g/mol. The monoisotopic (exact) mass is 294 g/mol. The first-order valence-corrected chi connectivity index (χ1v) is 8.05. The normalized spacial score (nSPS) is 18.5. The molecule has 0 radical (unpaired) electrons. The van der Waals surface area contributed by atoms with Crippen LogP contribution >= 0.6 is 23.1 Å². The lowest BCUT2D eigenvalue weighted by molar-refractivity contribution is -0.133. The molecule has 0 aromatic carbocycles. The Balaban J connectivity index is 2.06. The predicted octanol–water partition coefficient (Wildman–Crippen LogP) is 2.99. The summed E-state index contributed by atoms with van der Waals surface area (Å²) in [6, 6.07) is 0. The highest BCUT2D eigenvalue weighted by Crippen LogP contribution is 2.40. The van der Waals surface area contributed by atoms with Gasteiger partial charge in [0, 0.05) is 10.3 Å². The van der Waals surface area contributed by atoms with Crippen LogP contribution in [0.4, 0.5) is 0 Å². The third kappa shape index (κ3) is 2.47. The maximum absolute atomic E-state index is 10.7. The average molecular weight is 294 g/mol. The van der Waals surface area contributed by atoms with Crippen molar-refractivity contribution < 1.29 is 9.90 Å². The van der Waals surface area contributed by atoms with Crippen molar-refractivity contribution in [1.82, 2.24) is 9.97 Å². The van der Waals surface area contributed by atoms with Gasteiger partial charge < -0.3 is 5.11 Å². The molecule has 1 aliphatic carbocycles. The Morgan fingerprint density at radius 2 is 2.42 bits per heavy atom. The van der Waals surface area contributed by atoms with E-state index in [4.69, 9.17) is 5.11 Å². The first-order valence-electron chi connectivity index (χ1n) is 6.25. The molecule has 1 N–H and O–H groups in total. The van der Waals surface area contributed by atoms with Crippen molar-refractivity contribution in [2.24, 2.45) is 5.92 Å². The van der Waals surface area contributed by atoms with Gasteiger partial charge in [-0.3, -0.25) is 4.79 Å². The van der Waals surface area contributed by atoms with E-state index in [9.17, 15) is 4.79 Å². The Hall–Kier alpha value is -1.14. The van der Waals surface area contributed by atoms with Crippen molar-refractivity contribution in [3.05, 3.63) is 16.8 Å². The number of aromatic nitrogens is 2. The van der Waals surface area contributed by atoms with E-state index >= 15 is 0 Å². The third-order valence-electron chi connectivity index (χ3n) is 3.39. The van der Waals surface area contributed by atoms with Crippen LogP contribution in [0.2, 0.25) is 0 Å². The van der Waals surface area contributed by atoms with Gasteiger partial charge in [0.25, 0.3) is 0 Å². The highest BCUT2D eigenvalue weighted by atomic mass is 32.2. The number of hydrogen-bond donors (Lipinski definition) is 1. The number of nitrogens with zero attached hydrogens (tertiary/aromatic N) is 2. The van der Waals surface area contributed by atoms with Gasteiger partial charge in [0.1, 0.15) is 16.2 Å². The first-order chi connectivity index (χ1) is 9.15. The minimum absolute atomic E-state index is 0.0487. The Kier molecular flexibility index (Phi) is 3.45. The number of hydrogen-bond acceptors (Lipinski definition) is 5. The molecule has 100 valence electrons. The number of carbonyl (C=O) groups is 1. The molecule has 2 heterocycles. The molecule has 4 nitrogen and oxygen atoms in total. The Morgan fingerprint density at radius 3 is 3.21 bits per heavy atom. The molecule has 6 heteroatoms. The summed E-state index contributed by atoms with van der Waals surface area (Å²) in [6.07, 6.45) is 4.90. The molecule has 0 saturated carbocycles. The molecule has 2 aromatic heterocycles. The minimum atomic E-state index is -0.811. The summed E-state index contributed by atoms with van der Waals surface area (Å²) >= 11 is 3.03. The molecule has 0 spiro atoms. The van der Waals surface area contributed by atoms with Gasteiger partial charge in [-0.05, 0) is 30.7 Å². The molecule has 1 aliphatic rings. The Bertz CT molecular complexity index is 639. The van der Waals surface area contributed by atoms with E-state index in [-0.39, 0.29) is 5.75 Å². The van der Waals surface area contributed by atoms with Crippen LogP contribution in [-0.2, 0) is 17.6 Å². The van der Waals surface area contributed by atoms with Crippen molar-refractivity contribution in [3.63, 3.8) is 0 Å². The van der Waals surface area contributed by atoms with Crippen molar-refractivity contribution in [1.29, 1.82) is 0 Å². The predicted molar refractivity (Wildman–Crippen MR) is 77.0 cm³/mol. The van der Waals surface area contributed by atoms with E-state index in [1.165, 1.54) is 35.0 Å². The number of thiophene rings is 1. The van der Waals surface area contributed by atoms with E-state index in [0.29, 0.717) is 0 Å². The highest BCUT2D eigenvalue weighted by molar-refractivity contribution is 8.00. The molecule has 2 aromatic rings. The molecule has 1 atom stereocenters. The van der Waals surface area contributed by atoms with Gasteiger partial charge in [0.15, 0.2) is 0 Å². The highest BCUT2D eigenvalue weighted by Gasteiger charge is 2.23. The Morgan fingerprint density at radius 1 is 1.58 bits per heavy atom. The molecule has 0 bridgehead atoms. The van der Waals surface area contributed by atoms with Crippen LogP contribution in [-0.4, -0.2) is 26.8 Å². The topological polar surface area (TPSA) is 63.1 Å². The Labute approximate surface area is 119 Å². The number of thioether (sulfide) groups is 1. The van der Waals surface area contributed by atoms with Crippen LogP contribution in [0.3, 0.4) is 0 Å². The zero-order chi connectivity index (χ0) is 13.4.